The minimum absolute atomic E-state index is 0.111. The van der Waals surface area contributed by atoms with Gasteiger partial charge in [0, 0.05) is 0 Å². The summed E-state index contributed by atoms with van der Waals surface area (Å²) in [5.74, 6) is 0. The number of aromatic amines is 2. The quantitative estimate of drug-likeness (QED) is 0.464. The first-order valence-electron chi connectivity index (χ1n) is 1.21. The number of hydrogen-bond acceptors (Lipinski definition) is 3. The van der Waals surface area contributed by atoms with Crippen molar-refractivity contribution in [3.05, 3.63) is 5.21 Å². The average molecular weight is 92.0 g/mol. The van der Waals surface area contributed by atoms with Gasteiger partial charge < -0.3 is 14.5 Å². The molecule has 0 aromatic carbocycles. The van der Waals surface area contributed by atoms with E-state index in [0.29, 0.717) is 0 Å². The van der Waals surface area contributed by atoms with Gasteiger partial charge in [-0.1, -0.05) is 0 Å². The molecular weight excluding hydrogens is 90.0 g/mol. The first-order valence-corrected chi connectivity index (χ1v) is 1.21. The Morgan fingerprint density at radius 1 is 1.33 bits per heavy atom. The van der Waals surface area contributed by atoms with Gasteiger partial charge in [0.25, 0.3) is 0 Å². The van der Waals surface area contributed by atoms with Crippen LogP contribution in [0.2, 0.25) is 0 Å². The predicted molar refractivity (Wildman–Crippen MR) is 14.1 cm³/mol. The van der Waals surface area contributed by atoms with Crippen molar-refractivity contribution in [3.8, 4) is 0 Å². The highest BCUT2D eigenvalue weighted by atomic mass is 17.0. The fourth-order valence-corrected chi connectivity index (χ4v) is 0.130. The van der Waals surface area contributed by atoms with Gasteiger partial charge in [0.15, 0.2) is 0 Å². The largest absolute Gasteiger partial charge is 0.350 e. The molecule has 0 aliphatic rings. The standard InChI is InChI=1S/H2N3O3/c4-3-5-1-2-6-3/h1-2H/q-1. The van der Waals surface area contributed by atoms with Gasteiger partial charge in [0.2, 0.25) is 0 Å². The summed E-state index contributed by atoms with van der Waals surface area (Å²) in [4.78, 5) is 0. The van der Waals surface area contributed by atoms with Gasteiger partial charge in [-0.25, -0.2) is 0 Å². The second-order valence-electron chi connectivity index (χ2n) is 0.610. The number of H-pyrrole nitrogens is 2. The molecule has 0 aliphatic heterocycles. The van der Waals surface area contributed by atoms with E-state index in [1.165, 1.54) is 0 Å². The molecule has 0 saturated heterocycles. The van der Waals surface area contributed by atoms with Crippen LogP contribution in [0.1, 0.15) is 0 Å². The Kier molecular flexibility index (Phi) is 0.444. The highest BCUT2D eigenvalue weighted by Crippen LogP contribution is 1.68. The summed E-state index contributed by atoms with van der Waals surface area (Å²) >= 11 is 0. The molecule has 6 nitrogen and oxygen atoms in total. The van der Waals surface area contributed by atoms with Crippen LogP contribution in [-0.4, -0.2) is 15.6 Å². The van der Waals surface area contributed by atoms with Crippen LogP contribution in [0.3, 0.4) is 0 Å². The summed E-state index contributed by atoms with van der Waals surface area (Å²) in [6.07, 6.45) is 0. The zero-order valence-corrected chi connectivity index (χ0v) is 2.67. The third kappa shape index (κ3) is 0.270. The van der Waals surface area contributed by atoms with Crippen molar-refractivity contribution in [1.82, 2.24) is 15.6 Å². The molecule has 0 bridgehead atoms. The van der Waals surface area contributed by atoms with Gasteiger partial charge in [-0.05, 0) is 5.08 Å². The van der Waals surface area contributed by atoms with E-state index in [2.05, 4.69) is 9.26 Å². The Morgan fingerprint density at radius 2 is 1.83 bits per heavy atom. The van der Waals surface area contributed by atoms with Crippen LogP contribution in [0.15, 0.2) is 9.26 Å². The van der Waals surface area contributed by atoms with Gasteiger partial charge in [0.1, 0.15) is 0 Å². The lowest BCUT2D eigenvalue weighted by Gasteiger charge is -1.81. The zero-order chi connectivity index (χ0) is 4.41. The summed E-state index contributed by atoms with van der Waals surface area (Å²) in [6.45, 7) is 0. The number of nitrogens with one attached hydrogen (secondary N) is 2. The SMILES string of the molecule is [O-]n1o[nH][nH]o1. The van der Waals surface area contributed by atoms with Gasteiger partial charge in [-0.2, -0.15) is 10.5 Å². The topological polar surface area (TPSA) is 85.8 Å². The van der Waals surface area contributed by atoms with Crippen LogP contribution in [-0.2, 0) is 0 Å². The van der Waals surface area contributed by atoms with Crippen LogP contribution in [0, 0.1) is 5.21 Å². The molecule has 2 N–H and O–H groups in total. The average Bonchev–Trinajstić information content (AvgIpc) is 1.86. The molecule has 0 amide bonds. The Morgan fingerprint density at radius 3 is 2.00 bits per heavy atom. The molecule has 0 radical (unpaired) electrons. The van der Waals surface area contributed by atoms with Crippen LogP contribution in [0.4, 0.5) is 0 Å². The Balaban J connectivity index is 3.05. The summed E-state index contributed by atoms with van der Waals surface area (Å²) in [5, 5.41) is 13.3. The first kappa shape index (κ1) is 3.01. The van der Waals surface area contributed by atoms with Gasteiger partial charge in [-0.3, -0.25) is 0 Å². The van der Waals surface area contributed by atoms with E-state index in [0.717, 1.165) is 0 Å². The van der Waals surface area contributed by atoms with E-state index in [1.807, 2.05) is 10.5 Å². The first-order chi connectivity index (χ1) is 2.89. The van der Waals surface area contributed by atoms with Crippen molar-refractivity contribution in [2.75, 3.05) is 0 Å². The van der Waals surface area contributed by atoms with Crippen LogP contribution in [0.25, 0.3) is 0 Å². The second-order valence-corrected chi connectivity index (χ2v) is 0.610. The lowest BCUT2D eigenvalue weighted by atomic mass is 13.0. The van der Waals surface area contributed by atoms with E-state index in [-0.39, 0.29) is 5.08 Å². The molecule has 1 aromatic rings. The van der Waals surface area contributed by atoms with Crippen molar-refractivity contribution in [2.24, 2.45) is 0 Å². The molecule has 0 unspecified atom stereocenters. The number of hydrogen-bond donors (Lipinski definition) is 2. The van der Waals surface area contributed by atoms with Crippen LogP contribution >= 0.6 is 0 Å². The fraction of sp³-hybridized carbons (Fsp3) is 0. The van der Waals surface area contributed by atoms with Gasteiger partial charge in [0.05, 0.1) is 0 Å². The van der Waals surface area contributed by atoms with Gasteiger partial charge >= 0.3 is 0 Å². The molecule has 6 heavy (non-hydrogen) atoms. The molecule has 0 aliphatic carbocycles. The monoisotopic (exact) mass is 92.0 g/mol. The van der Waals surface area contributed by atoms with E-state index in [1.54, 1.807) is 0 Å². The lowest BCUT2D eigenvalue weighted by Crippen LogP contribution is -1.73. The molecular formula is H2N3O3-. The van der Waals surface area contributed by atoms with E-state index in [9.17, 15) is 5.21 Å². The molecule has 1 aromatic heterocycles. The number of rotatable bonds is 0. The van der Waals surface area contributed by atoms with Crippen molar-refractivity contribution in [1.29, 1.82) is 0 Å². The molecule has 36 valence electrons. The summed E-state index contributed by atoms with van der Waals surface area (Å²) < 4.78 is 7.69. The van der Waals surface area contributed by atoms with Crippen molar-refractivity contribution in [2.45, 2.75) is 0 Å². The van der Waals surface area contributed by atoms with Gasteiger partial charge in [-0.15, -0.1) is 0 Å². The maximum atomic E-state index is 9.59. The van der Waals surface area contributed by atoms with Crippen molar-refractivity contribution in [3.63, 3.8) is 0 Å². The molecule has 1 heterocycles. The summed E-state index contributed by atoms with van der Waals surface area (Å²) in [6, 6.07) is 0. The highest BCUT2D eigenvalue weighted by molar-refractivity contribution is 4.11. The Labute approximate surface area is 31.4 Å². The smallest absolute Gasteiger partial charge is 0.0216 e. The molecule has 0 fully saturated rings. The molecule has 6 heteroatoms. The molecule has 0 atom stereocenters. The molecule has 0 saturated carbocycles. The van der Waals surface area contributed by atoms with Crippen LogP contribution in [0.5, 0.6) is 0 Å². The minimum atomic E-state index is -0.111. The fourth-order valence-electron chi connectivity index (χ4n) is 0.130. The van der Waals surface area contributed by atoms with E-state index < -0.39 is 0 Å². The zero-order valence-electron chi connectivity index (χ0n) is 2.67. The summed E-state index contributed by atoms with van der Waals surface area (Å²) in [7, 11) is 0. The van der Waals surface area contributed by atoms with E-state index in [4.69, 9.17) is 0 Å². The molecule has 1 rings (SSSR count). The van der Waals surface area contributed by atoms with E-state index >= 15 is 0 Å². The number of aromatic nitrogens is 3. The van der Waals surface area contributed by atoms with Crippen LogP contribution < -0.4 is 0 Å². The number of nitrogens with zero attached hydrogens (tertiary/aromatic N) is 1. The maximum Gasteiger partial charge on any atom is -0.0216 e. The van der Waals surface area contributed by atoms with Crippen molar-refractivity contribution >= 4 is 0 Å². The lowest BCUT2D eigenvalue weighted by molar-refractivity contribution is 0.107. The maximum absolute atomic E-state index is 9.59. The normalized spacial score (nSPS) is 8.67. The van der Waals surface area contributed by atoms with Crippen molar-refractivity contribution < 1.29 is 9.26 Å². The third-order valence-corrected chi connectivity index (χ3v) is 0.282. The Bertz CT molecular complexity index is 110. The summed E-state index contributed by atoms with van der Waals surface area (Å²) in [5.41, 5.74) is 0. The molecule has 0 spiro atoms. The minimum Gasteiger partial charge on any atom is -0.350 e. The second kappa shape index (κ2) is 0.886. The third-order valence-electron chi connectivity index (χ3n) is 0.282. The highest BCUT2D eigenvalue weighted by Gasteiger charge is 1.58. The predicted octanol–water partition coefficient (Wildman–Crippen LogP) is -0.199. The Hall–Kier alpha value is -1.20.